The summed E-state index contributed by atoms with van der Waals surface area (Å²) in [5.41, 5.74) is 10.7. The van der Waals surface area contributed by atoms with Crippen molar-refractivity contribution in [1.82, 2.24) is 19.5 Å². The molecule has 1 atom stereocenters. The van der Waals surface area contributed by atoms with Crippen molar-refractivity contribution in [3.05, 3.63) is 102 Å². The minimum absolute atomic E-state index is 0.0756. The number of carbonyl (C=O) groups excluding carboxylic acids is 2. The van der Waals surface area contributed by atoms with Crippen LogP contribution < -0.4 is 0 Å². The van der Waals surface area contributed by atoms with Crippen molar-refractivity contribution in [1.29, 1.82) is 0 Å². The highest BCUT2D eigenvalue weighted by Gasteiger charge is 2.29. The molecule has 0 amide bonds. The van der Waals surface area contributed by atoms with E-state index in [0.29, 0.717) is 18.7 Å². The van der Waals surface area contributed by atoms with E-state index in [1.165, 1.54) is 29.4 Å². The zero-order valence-electron chi connectivity index (χ0n) is 23.5. The van der Waals surface area contributed by atoms with E-state index in [1.54, 1.807) is 0 Å². The fourth-order valence-corrected chi connectivity index (χ4v) is 5.97. The van der Waals surface area contributed by atoms with Gasteiger partial charge in [0.25, 0.3) is 0 Å². The molecule has 6 rings (SSSR count). The van der Waals surface area contributed by atoms with Crippen molar-refractivity contribution in [3.63, 3.8) is 0 Å². The van der Waals surface area contributed by atoms with E-state index in [4.69, 9.17) is 4.74 Å². The molecule has 41 heavy (non-hydrogen) atoms. The van der Waals surface area contributed by atoms with Crippen LogP contribution in [0, 0.1) is 19.8 Å². The highest BCUT2D eigenvalue weighted by atomic mass is 16.5. The SMILES string of the molecule is COC(=O)[C@@H]1CCN(Cc2nnc3cc(-c4cccc(-c5cccc(-c6ccc(C=O)cc6)c5C)c4C)ccn23)C1. The van der Waals surface area contributed by atoms with Crippen LogP contribution in [-0.2, 0) is 16.1 Å². The Kier molecular flexibility index (Phi) is 7.20. The number of rotatable bonds is 7. The first-order valence-corrected chi connectivity index (χ1v) is 13.9. The first-order chi connectivity index (χ1) is 20.0. The number of esters is 1. The number of fused-ring (bicyclic) bond motifs is 1. The number of aromatic nitrogens is 3. The number of ether oxygens (including phenoxy) is 1. The van der Waals surface area contributed by atoms with Gasteiger partial charge in [-0.25, -0.2) is 0 Å². The van der Waals surface area contributed by atoms with E-state index in [1.807, 2.05) is 34.9 Å². The molecule has 0 radical (unpaired) electrons. The summed E-state index contributed by atoms with van der Waals surface area (Å²) >= 11 is 0. The molecule has 0 spiro atoms. The van der Waals surface area contributed by atoms with Gasteiger partial charge in [-0.1, -0.05) is 60.7 Å². The summed E-state index contributed by atoms with van der Waals surface area (Å²) in [6, 6.07) is 24.7. The molecule has 7 heteroatoms. The van der Waals surface area contributed by atoms with Gasteiger partial charge in [-0.15, -0.1) is 10.2 Å². The number of likely N-dealkylation sites (tertiary alicyclic amines) is 1. The standard InChI is InChI=1S/C34H32N4O3/c1-22-28(25-12-10-24(21-39)11-13-25)6-4-8-30(22)31-9-5-7-29(23(31)2)26-15-17-38-32(18-26)35-36-33(38)20-37-16-14-27(19-37)34(40)41-3/h4-13,15,17-18,21,27H,14,16,19-20H2,1-3H3/t27-/m1/s1. The molecule has 0 bridgehead atoms. The molecule has 1 fully saturated rings. The van der Waals surface area contributed by atoms with E-state index in [9.17, 15) is 9.59 Å². The third-order valence-electron chi connectivity index (χ3n) is 8.28. The van der Waals surface area contributed by atoms with Crippen molar-refractivity contribution in [3.8, 4) is 33.4 Å². The lowest BCUT2D eigenvalue weighted by Crippen LogP contribution is -2.24. The predicted molar refractivity (Wildman–Crippen MR) is 160 cm³/mol. The molecule has 3 heterocycles. The molecule has 7 nitrogen and oxygen atoms in total. The Balaban J connectivity index is 1.29. The van der Waals surface area contributed by atoms with Crippen molar-refractivity contribution in [2.75, 3.05) is 20.2 Å². The predicted octanol–water partition coefficient (Wildman–Crippen LogP) is 6.15. The molecule has 1 saturated heterocycles. The second-order valence-electron chi connectivity index (χ2n) is 10.7. The largest absolute Gasteiger partial charge is 0.469 e. The van der Waals surface area contributed by atoms with Gasteiger partial charge in [-0.3, -0.25) is 18.9 Å². The minimum atomic E-state index is -0.143. The van der Waals surface area contributed by atoms with Crippen molar-refractivity contribution < 1.29 is 14.3 Å². The summed E-state index contributed by atoms with van der Waals surface area (Å²) in [7, 11) is 1.45. The summed E-state index contributed by atoms with van der Waals surface area (Å²) in [6.07, 6.45) is 3.71. The fraction of sp³-hybridized carbons (Fsp3) is 0.235. The Hall–Kier alpha value is -4.62. The summed E-state index contributed by atoms with van der Waals surface area (Å²) < 4.78 is 6.95. The number of aldehydes is 1. The van der Waals surface area contributed by atoms with E-state index in [0.717, 1.165) is 53.0 Å². The third-order valence-corrected chi connectivity index (χ3v) is 8.28. The Bertz CT molecular complexity index is 1760. The lowest BCUT2D eigenvalue weighted by atomic mass is 9.88. The van der Waals surface area contributed by atoms with Gasteiger partial charge in [0.2, 0.25) is 0 Å². The Morgan fingerprint density at radius 2 is 1.56 bits per heavy atom. The second kappa shape index (κ2) is 11.1. The average Bonchev–Trinajstić information content (AvgIpc) is 3.64. The zero-order chi connectivity index (χ0) is 28.5. The maximum absolute atomic E-state index is 11.9. The van der Waals surface area contributed by atoms with Crippen molar-refractivity contribution in [2.24, 2.45) is 5.92 Å². The van der Waals surface area contributed by atoms with Crippen LogP contribution >= 0.6 is 0 Å². The summed E-state index contributed by atoms with van der Waals surface area (Å²) in [4.78, 5) is 25.3. The van der Waals surface area contributed by atoms with E-state index in [-0.39, 0.29) is 11.9 Å². The summed E-state index contributed by atoms with van der Waals surface area (Å²) in [6.45, 7) is 6.47. The van der Waals surface area contributed by atoms with Crippen molar-refractivity contribution >= 4 is 17.9 Å². The lowest BCUT2D eigenvalue weighted by molar-refractivity contribution is -0.144. The van der Waals surface area contributed by atoms with Gasteiger partial charge in [0.1, 0.15) is 6.29 Å². The first-order valence-electron chi connectivity index (χ1n) is 13.9. The van der Waals surface area contributed by atoms with Crippen LogP contribution in [0.5, 0.6) is 0 Å². The Morgan fingerprint density at radius 3 is 2.22 bits per heavy atom. The topological polar surface area (TPSA) is 76.8 Å². The molecule has 5 aromatic rings. The van der Waals surface area contributed by atoms with Gasteiger partial charge in [0.15, 0.2) is 11.5 Å². The van der Waals surface area contributed by atoms with Crippen LogP contribution in [0.3, 0.4) is 0 Å². The summed E-state index contributed by atoms with van der Waals surface area (Å²) in [5.74, 6) is 0.639. The van der Waals surface area contributed by atoms with Gasteiger partial charge in [-0.05, 0) is 83.5 Å². The molecule has 1 aliphatic heterocycles. The first kappa shape index (κ1) is 26.6. The zero-order valence-corrected chi connectivity index (χ0v) is 23.5. The number of benzene rings is 3. The number of carbonyl (C=O) groups is 2. The number of hydrogen-bond acceptors (Lipinski definition) is 6. The summed E-state index contributed by atoms with van der Waals surface area (Å²) in [5, 5.41) is 8.94. The minimum Gasteiger partial charge on any atom is -0.469 e. The fourth-order valence-electron chi connectivity index (χ4n) is 5.97. The maximum Gasteiger partial charge on any atom is 0.310 e. The van der Waals surface area contributed by atoms with Crippen LogP contribution in [0.25, 0.3) is 39.0 Å². The molecule has 0 saturated carbocycles. The molecule has 2 aromatic heterocycles. The van der Waals surface area contributed by atoms with Crippen LogP contribution in [0.4, 0.5) is 0 Å². The van der Waals surface area contributed by atoms with Gasteiger partial charge in [0, 0.05) is 18.3 Å². The van der Waals surface area contributed by atoms with E-state index in [2.05, 4.69) is 77.5 Å². The maximum atomic E-state index is 11.9. The molecular formula is C34H32N4O3. The van der Waals surface area contributed by atoms with Gasteiger partial charge in [0.05, 0.1) is 19.6 Å². The second-order valence-corrected chi connectivity index (χ2v) is 10.7. The number of pyridine rings is 1. The average molecular weight is 545 g/mol. The normalized spacial score (nSPS) is 15.3. The Labute approximate surface area is 239 Å². The van der Waals surface area contributed by atoms with Gasteiger partial charge in [-0.2, -0.15) is 0 Å². The molecule has 3 aromatic carbocycles. The van der Waals surface area contributed by atoms with E-state index < -0.39 is 0 Å². The van der Waals surface area contributed by atoms with Gasteiger partial charge >= 0.3 is 5.97 Å². The van der Waals surface area contributed by atoms with Crippen LogP contribution in [0.1, 0.15) is 33.7 Å². The Morgan fingerprint density at radius 1 is 0.902 bits per heavy atom. The highest BCUT2D eigenvalue weighted by Crippen LogP contribution is 2.37. The third kappa shape index (κ3) is 5.05. The number of methoxy groups -OCH3 is 1. The quantitative estimate of drug-likeness (QED) is 0.181. The van der Waals surface area contributed by atoms with Gasteiger partial charge < -0.3 is 4.74 Å². The van der Waals surface area contributed by atoms with Crippen LogP contribution in [0.15, 0.2) is 79.0 Å². The molecule has 0 N–H and O–H groups in total. The monoisotopic (exact) mass is 544 g/mol. The molecular weight excluding hydrogens is 512 g/mol. The lowest BCUT2D eigenvalue weighted by Gasteiger charge is -2.17. The number of hydrogen-bond donors (Lipinski definition) is 0. The van der Waals surface area contributed by atoms with Crippen LogP contribution in [-0.4, -0.2) is 52.0 Å². The molecule has 1 aliphatic rings. The highest BCUT2D eigenvalue weighted by molar-refractivity contribution is 5.85. The van der Waals surface area contributed by atoms with Crippen molar-refractivity contribution in [2.45, 2.75) is 26.8 Å². The molecule has 0 aliphatic carbocycles. The molecule has 0 unspecified atom stereocenters. The van der Waals surface area contributed by atoms with E-state index >= 15 is 0 Å². The smallest absolute Gasteiger partial charge is 0.310 e. The van der Waals surface area contributed by atoms with Crippen LogP contribution in [0.2, 0.25) is 0 Å². The number of nitrogens with zero attached hydrogens (tertiary/aromatic N) is 4. The molecule has 206 valence electrons.